The third-order valence-corrected chi connectivity index (χ3v) is 3.30. The average Bonchev–Trinajstić information content (AvgIpc) is 2.59. The number of rotatable bonds is 7. The summed E-state index contributed by atoms with van der Waals surface area (Å²) in [5.41, 5.74) is 18.1. The fourth-order valence-corrected chi connectivity index (χ4v) is 2.08. The minimum Gasteiger partial charge on any atom is -0.508 e. The predicted molar refractivity (Wildman–Crippen MR) is 105 cm³/mol. The van der Waals surface area contributed by atoms with Crippen LogP contribution in [-0.4, -0.2) is 29.6 Å². The summed E-state index contributed by atoms with van der Waals surface area (Å²) >= 11 is 5.89. The molecule has 7 N–H and O–H groups in total. The van der Waals surface area contributed by atoms with Gasteiger partial charge in [0, 0.05) is 5.02 Å². The van der Waals surface area contributed by atoms with Gasteiger partial charge < -0.3 is 27.0 Å². The molecule has 0 heterocycles. The Hall–Kier alpha value is -3.03. The van der Waals surface area contributed by atoms with Crippen LogP contribution in [-0.2, 0) is 0 Å². The zero-order valence-electron chi connectivity index (χ0n) is 13.9. The zero-order valence-corrected chi connectivity index (χ0v) is 14.7. The molecule has 0 aromatic heterocycles. The topological polar surface area (TPSA) is 132 Å². The fourth-order valence-electron chi connectivity index (χ4n) is 1.90. The van der Waals surface area contributed by atoms with E-state index in [1.54, 1.807) is 36.4 Å². The second-order valence-electron chi connectivity index (χ2n) is 5.28. The van der Waals surface area contributed by atoms with Crippen molar-refractivity contribution in [3.05, 3.63) is 65.7 Å². The van der Waals surface area contributed by atoms with Crippen molar-refractivity contribution in [3.63, 3.8) is 0 Å². The number of nitrogens with two attached hydrogens (primary N) is 3. The molecule has 2 rings (SSSR count). The van der Waals surface area contributed by atoms with Crippen molar-refractivity contribution < 1.29 is 9.84 Å². The molecule has 0 fully saturated rings. The Labute approximate surface area is 156 Å². The minimum atomic E-state index is -0.653. The van der Waals surface area contributed by atoms with Crippen molar-refractivity contribution in [1.29, 1.82) is 0 Å². The standard InChI is InChI=1S/C18H20ClN5O2/c19-12-2-1-3-13(10-12)23-16(20)8-9-17(21)24-18(22)11-26-15-6-4-14(25)5-7-15/h1-10,18,25H,11,22H2,(H2,20,23)(H2,21,24)/b9-8-. The van der Waals surface area contributed by atoms with E-state index in [2.05, 4.69) is 9.98 Å². The molecule has 2 aromatic carbocycles. The molecule has 0 amide bonds. The first-order chi connectivity index (χ1) is 12.4. The number of amidine groups is 2. The molecule has 0 aliphatic rings. The highest BCUT2D eigenvalue weighted by Crippen LogP contribution is 2.17. The molecule has 0 saturated carbocycles. The molecule has 136 valence electrons. The maximum Gasteiger partial charge on any atom is 0.134 e. The van der Waals surface area contributed by atoms with Gasteiger partial charge in [-0.05, 0) is 54.6 Å². The number of ether oxygens (including phenoxy) is 1. The quantitative estimate of drug-likeness (QED) is 0.436. The highest BCUT2D eigenvalue weighted by atomic mass is 35.5. The number of nitrogens with zero attached hydrogens (tertiary/aromatic N) is 2. The van der Waals surface area contributed by atoms with Crippen LogP contribution in [0.1, 0.15) is 0 Å². The van der Waals surface area contributed by atoms with Gasteiger partial charge in [-0.2, -0.15) is 0 Å². The number of phenolic OH excluding ortho intramolecular Hbond substituents is 1. The lowest BCUT2D eigenvalue weighted by Crippen LogP contribution is -2.28. The van der Waals surface area contributed by atoms with E-state index in [-0.39, 0.29) is 24.0 Å². The summed E-state index contributed by atoms with van der Waals surface area (Å²) in [6.45, 7) is 0.130. The molecular weight excluding hydrogens is 354 g/mol. The largest absolute Gasteiger partial charge is 0.508 e. The Bertz CT molecular complexity index is 819. The second-order valence-corrected chi connectivity index (χ2v) is 5.71. The first kappa shape index (κ1) is 19.3. The van der Waals surface area contributed by atoms with Gasteiger partial charge in [0.05, 0.1) is 5.69 Å². The molecule has 2 aromatic rings. The summed E-state index contributed by atoms with van der Waals surface area (Å²) in [5.74, 6) is 1.17. The van der Waals surface area contributed by atoms with Gasteiger partial charge in [0.25, 0.3) is 0 Å². The van der Waals surface area contributed by atoms with Crippen LogP contribution < -0.4 is 21.9 Å². The molecule has 0 bridgehead atoms. The maximum absolute atomic E-state index is 9.21. The Balaban J connectivity index is 1.89. The zero-order chi connectivity index (χ0) is 18.9. The summed E-state index contributed by atoms with van der Waals surface area (Å²) in [7, 11) is 0. The van der Waals surface area contributed by atoms with E-state index in [0.29, 0.717) is 16.5 Å². The van der Waals surface area contributed by atoms with E-state index < -0.39 is 6.17 Å². The minimum absolute atomic E-state index is 0.130. The normalized spacial score (nSPS) is 13.8. The number of aliphatic imine (C=N–C) groups is 2. The molecule has 8 heteroatoms. The molecule has 7 nitrogen and oxygen atoms in total. The highest BCUT2D eigenvalue weighted by molar-refractivity contribution is 6.30. The first-order valence-electron chi connectivity index (χ1n) is 7.71. The average molecular weight is 374 g/mol. The van der Waals surface area contributed by atoms with Crippen LogP contribution >= 0.6 is 11.6 Å². The summed E-state index contributed by atoms with van der Waals surface area (Å²) < 4.78 is 5.46. The van der Waals surface area contributed by atoms with Gasteiger partial charge >= 0.3 is 0 Å². The summed E-state index contributed by atoms with van der Waals surface area (Å²) in [6.07, 6.45) is 2.37. The van der Waals surface area contributed by atoms with Gasteiger partial charge in [-0.1, -0.05) is 17.7 Å². The van der Waals surface area contributed by atoms with Crippen molar-refractivity contribution in [2.75, 3.05) is 6.61 Å². The van der Waals surface area contributed by atoms with Gasteiger partial charge in [-0.25, -0.2) is 9.98 Å². The Morgan fingerprint density at radius 3 is 2.50 bits per heavy atom. The third-order valence-electron chi connectivity index (χ3n) is 3.06. The van der Waals surface area contributed by atoms with E-state index in [1.807, 2.05) is 0 Å². The van der Waals surface area contributed by atoms with Crippen molar-refractivity contribution in [2.24, 2.45) is 27.2 Å². The van der Waals surface area contributed by atoms with Gasteiger partial charge in [0.1, 0.15) is 35.9 Å². The van der Waals surface area contributed by atoms with E-state index in [4.69, 9.17) is 33.5 Å². The second kappa shape index (κ2) is 9.45. The van der Waals surface area contributed by atoms with Gasteiger partial charge in [0.2, 0.25) is 0 Å². The number of phenols is 1. The van der Waals surface area contributed by atoms with E-state index in [1.165, 1.54) is 24.3 Å². The molecular formula is C18H20ClN5O2. The number of aromatic hydroxyl groups is 1. The maximum atomic E-state index is 9.21. The Morgan fingerprint density at radius 1 is 1.12 bits per heavy atom. The smallest absolute Gasteiger partial charge is 0.134 e. The van der Waals surface area contributed by atoms with Crippen LogP contribution in [0.2, 0.25) is 5.02 Å². The van der Waals surface area contributed by atoms with Gasteiger partial charge in [0.15, 0.2) is 0 Å². The monoisotopic (exact) mass is 373 g/mol. The summed E-state index contributed by atoms with van der Waals surface area (Å²) in [6, 6.07) is 13.3. The Kier molecular flexibility index (Phi) is 7.02. The predicted octanol–water partition coefficient (Wildman–Crippen LogP) is 2.31. The van der Waals surface area contributed by atoms with Crippen LogP contribution in [0.3, 0.4) is 0 Å². The number of benzene rings is 2. The summed E-state index contributed by atoms with van der Waals surface area (Å²) in [5, 5.41) is 9.78. The lowest BCUT2D eigenvalue weighted by Gasteiger charge is -2.10. The molecule has 0 saturated heterocycles. The summed E-state index contributed by atoms with van der Waals surface area (Å²) in [4.78, 5) is 8.27. The number of hydrogen-bond acceptors (Lipinski definition) is 5. The molecule has 0 radical (unpaired) electrons. The lowest BCUT2D eigenvalue weighted by atomic mass is 10.3. The number of halogens is 1. The molecule has 1 unspecified atom stereocenters. The van der Waals surface area contributed by atoms with Crippen LogP contribution in [0.5, 0.6) is 11.5 Å². The van der Waals surface area contributed by atoms with Crippen LogP contribution in [0, 0.1) is 0 Å². The van der Waals surface area contributed by atoms with Crippen molar-refractivity contribution in [1.82, 2.24) is 0 Å². The van der Waals surface area contributed by atoms with Crippen LogP contribution in [0.15, 0.2) is 70.7 Å². The van der Waals surface area contributed by atoms with E-state index >= 15 is 0 Å². The molecule has 0 spiro atoms. The lowest BCUT2D eigenvalue weighted by molar-refractivity contribution is 0.291. The molecule has 0 aliphatic heterocycles. The van der Waals surface area contributed by atoms with Gasteiger partial charge in [-0.15, -0.1) is 0 Å². The fraction of sp³-hybridized carbons (Fsp3) is 0.111. The van der Waals surface area contributed by atoms with E-state index in [0.717, 1.165) is 0 Å². The number of hydrogen-bond donors (Lipinski definition) is 4. The van der Waals surface area contributed by atoms with Crippen molar-refractivity contribution in [2.45, 2.75) is 6.17 Å². The highest BCUT2D eigenvalue weighted by Gasteiger charge is 2.02. The molecule has 0 aliphatic carbocycles. The van der Waals surface area contributed by atoms with Crippen molar-refractivity contribution in [3.8, 4) is 11.5 Å². The molecule has 26 heavy (non-hydrogen) atoms. The van der Waals surface area contributed by atoms with Crippen LogP contribution in [0.4, 0.5) is 5.69 Å². The molecule has 1 atom stereocenters. The first-order valence-corrected chi connectivity index (χ1v) is 8.08. The third kappa shape index (κ3) is 6.84. The van der Waals surface area contributed by atoms with Crippen molar-refractivity contribution >= 4 is 29.0 Å². The Morgan fingerprint density at radius 2 is 1.81 bits per heavy atom. The van der Waals surface area contributed by atoms with Crippen LogP contribution in [0.25, 0.3) is 0 Å². The van der Waals surface area contributed by atoms with E-state index in [9.17, 15) is 5.11 Å². The van der Waals surface area contributed by atoms with Gasteiger partial charge in [-0.3, -0.25) is 0 Å². The SMILES string of the molecule is NC(/C=C\C(N)=N\C(N)COc1ccc(O)cc1)=Nc1cccc(Cl)c1.